The summed E-state index contributed by atoms with van der Waals surface area (Å²) in [5, 5.41) is 34.2. The summed E-state index contributed by atoms with van der Waals surface area (Å²) in [7, 11) is 0. The van der Waals surface area contributed by atoms with Crippen LogP contribution in [0.5, 0.6) is 0 Å². The van der Waals surface area contributed by atoms with Crippen LogP contribution in [0.4, 0.5) is 0 Å². The van der Waals surface area contributed by atoms with Crippen LogP contribution in [0.1, 0.15) is 0 Å². The Morgan fingerprint density at radius 1 is 1.25 bits per heavy atom. The molecule has 0 saturated heterocycles. The molecule has 72 valence electrons. The lowest BCUT2D eigenvalue weighted by molar-refractivity contribution is -0.114. The van der Waals surface area contributed by atoms with Gasteiger partial charge in [0.2, 0.25) is 0 Å². The lowest BCUT2D eigenvalue weighted by atomic mass is 10.1. The standard InChI is InChI=1S/C6H12O5S/c7-1-3(9)5(10)6(11)4(12)2-8/h2-7,9-12H,1H2/t3-,4-,5-,6-/m1/s1. The quantitative estimate of drug-likeness (QED) is 0.248. The molecule has 0 aliphatic rings. The van der Waals surface area contributed by atoms with E-state index < -0.39 is 30.2 Å². The normalized spacial score (nSPS) is 21.1. The number of rotatable bonds is 5. The van der Waals surface area contributed by atoms with Gasteiger partial charge in [-0.25, -0.2) is 0 Å². The Labute approximate surface area is 75.1 Å². The lowest BCUT2D eigenvalue weighted by Gasteiger charge is -2.22. The highest BCUT2D eigenvalue weighted by Gasteiger charge is 2.28. The highest BCUT2D eigenvalue weighted by molar-refractivity contribution is 7.81. The first kappa shape index (κ1) is 11.9. The largest absolute Gasteiger partial charge is 0.394 e. The maximum Gasteiger partial charge on any atom is 0.135 e. The summed E-state index contributed by atoms with van der Waals surface area (Å²) in [4.78, 5) is 10.1. The van der Waals surface area contributed by atoms with Crippen molar-refractivity contribution in [1.82, 2.24) is 0 Å². The molecule has 0 heterocycles. The zero-order chi connectivity index (χ0) is 9.72. The van der Waals surface area contributed by atoms with Crippen molar-refractivity contribution in [3.05, 3.63) is 0 Å². The molecule has 0 amide bonds. The molecule has 4 N–H and O–H groups in total. The van der Waals surface area contributed by atoms with Crippen LogP contribution in [0.25, 0.3) is 0 Å². The molecule has 0 aromatic rings. The van der Waals surface area contributed by atoms with E-state index in [9.17, 15) is 4.79 Å². The van der Waals surface area contributed by atoms with Crippen LogP contribution in [0.15, 0.2) is 0 Å². The number of aliphatic hydroxyl groups excluding tert-OH is 4. The summed E-state index contributed by atoms with van der Waals surface area (Å²) >= 11 is 3.63. The van der Waals surface area contributed by atoms with E-state index in [0.29, 0.717) is 6.29 Å². The molecule has 0 radical (unpaired) electrons. The summed E-state index contributed by atoms with van der Waals surface area (Å²) in [6, 6.07) is 0. The van der Waals surface area contributed by atoms with E-state index in [2.05, 4.69) is 12.6 Å². The number of carbonyl (C=O) groups is 1. The van der Waals surface area contributed by atoms with E-state index in [-0.39, 0.29) is 0 Å². The smallest absolute Gasteiger partial charge is 0.135 e. The molecule has 0 aromatic heterocycles. The zero-order valence-electron chi connectivity index (χ0n) is 6.24. The summed E-state index contributed by atoms with van der Waals surface area (Å²) in [5.74, 6) is 0. The van der Waals surface area contributed by atoms with Crippen molar-refractivity contribution in [1.29, 1.82) is 0 Å². The van der Waals surface area contributed by atoms with Gasteiger partial charge in [-0.1, -0.05) is 0 Å². The van der Waals surface area contributed by atoms with E-state index in [1.807, 2.05) is 0 Å². The Kier molecular flexibility index (Phi) is 5.43. The summed E-state index contributed by atoms with van der Waals surface area (Å²) in [6.07, 6.45) is -4.17. The molecule has 0 saturated carbocycles. The maximum absolute atomic E-state index is 10.1. The molecule has 0 rings (SSSR count). The average Bonchev–Trinajstić information content (AvgIpc) is 2.12. The predicted molar refractivity (Wildman–Crippen MR) is 43.9 cm³/mol. The molecule has 0 bridgehead atoms. The molecule has 0 fully saturated rings. The topological polar surface area (TPSA) is 98.0 Å². The molecule has 0 aromatic carbocycles. The Hall–Kier alpha value is -0.140. The first-order valence-electron chi connectivity index (χ1n) is 3.33. The summed E-state index contributed by atoms with van der Waals surface area (Å²) in [5.41, 5.74) is 0. The molecular formula is C6H12O5S. The van der Waals surface area contributed by atoms with E-state index in [1.165, 1.54) is 0 Å². The summed E-state index contributed by atoms with van der Waals surface area (Å²) in [6.45, 7) is -0.683. The van der Waals surface area contributed by atoms with Gasteiger partial charge in [0.05, 0.1) is 11.9 Å². The van der Waals surface area contributed by atoms with Gasteiger partial charge in [0, 0.05) is 0 Å². The minimum absolute atomic E-state index is 0.334. The number of aliphatic hydroxyl groups is 4. The predicted octanol–water partition coefficient (Wildman–Crippen LogP) is -2.44. The van der Waals surface area contributed by atoms with Gasteiger partial charge >= 0.3 is 0 Å². The Morgan fingerprint density at radius 3 is 2.08 bits per heavy atom. The monoisotopic (exact) mass is 196 g/mol. The van der Waals surface area contributed by atoms with Gasteiger partial charge in [0.1, 0.15) is 24.6 Å². The van der Waals surface area contributed by atoms with Crippen molar-refractivity contribution in [2.45, 2.75) is 23.6 Å². The van der Waals surface area contributed by atoms with Gasteiger partial charge in [0.15, 0.2) is 0 Å². The Morgan fingerprint density at radius 2 is 1.75 bits per heavy atom. The van der Waals surface area contributed by atoms with Gasteiger partial charge in [-0.05, 0) is 0 Å². The van der Waals surface area contributed by atoms with E-state index >= 15 is 0 Å². The van der Waals surface area contributed by atoms with Crippen LogP contribution in [0, 0.1) is 0 Å². The zero-order valence-corrected chi connectivity index (χ0v) is 7.13. The highest BCUT2D eigenvalue weighted by atomic mass is 32.1. The van der Waals surface area contributed by atoms with Crippen LogP contribution in [0.2, 0.25) is 0 Å². The van der Waals surface area contributed by atoms with Crippen LogP contribution in [-0.4, -0.2) is 56.9 Å². The lowest BCUT2D eigenvalue weighted by Crippen LogP contribution is -2.44. The van der Waals surface area contributed by atoms with Crippen LogP contribution >= 0.6 is 12.6 Å². The number of thiol groups is 1. The van der Waals surface area contributed by atoms with E-state index in [1.54, 1.807) is 0 Å². The number of hydrogen-bond acceptors (Lipinski definition) is 6. The van der Waals surface area contributed by atoms with Gasteiger partial charge < -0.3 is 25.2 Å². The van der Waals surface area contributed by atoms with Crippen LogP contribution in [-0.2, 0) is 4.79 Å². The minimum atomic E-state index is -1.57. The van der Waals surface area contributed by atoms with Crippen molar-refractivity contribution in [2.24, 2.45) is 0 Å². The van der Waals surface area contributed by atoms with E-state index in [4.69, 9.17) is 20.4 Å². The first-order chi connectivity index (χ1) is 5.54. The molecule has 6 heteroatoms. The Balaban J connectivity index is 4.07. The van der Waals surface area contributed by atoms with Crippen molar-refractivity contribution in [2.75, 3.05) is 6.61 Å². The van der Waals surface area contributed by atoms with Crippen LogP contribution in [0.3, 0.4) is 0 Å². The van der Waals surface area contributed by atoms with E-state index in [0.717, 1.165) is 0 Å². The third kappa shape index (κ3) is 3.08. The maximum atomic E-state index is 10.1. The Bertz CT molecular complexity index is 142. The molecule has 0 aliphatic carbocycles. The van der Waals surface area contributed by atoms with Crippen molar-refractivity contribution in [3.63, 3.8) is 0 Å². The van der Waals surface area contributed by atoms with Crippen molar-refractivity contribution >= 4 is 18.9 Å². The average molecular weight is 196 g/mol. The fraction of sp³-hybridized carbons (Fsp3) is 0.833. The molecule has 0 aliphatic heterocycles. The summed E-state index contributed by atoms with van der Waals surface area (Å²) < 4.78 is 0. The van der Waals surface area contributed by atoms with Gasteiger partial charge in [0.25, 0.3) is 0 Å². The van der Waals surface area contributed by atoms with Gasteiger partial charge in [-0.3, -0.25) is 0 Å². The fourth-order valence-electron chi connectivity index (χ4n) is 0.618. The highest BCUT2D eigenvalue weighted by Crippen LogP contribution is 2.07. The molecule has 5 nitrogen and oxygen atoms in total. The van der Waals surface area contributed by atoms with Crippen molar-refractivity contribution < 1.29 is 25.2 Å². The van der Waals surface area contributed by atoms with Crippen molar-refractivity contribution in [3.8, 4) is 0 Å². The number of aldehydes is 1. The third-order valence-corrected chi connectivity index (χ3v) is 1.85. The fourth-order valence-corrected chi connectivity index (χ4v) is 0.794. The second-order valence-corrected chi connectivity index (χ2v) is 2.95. The minimum Gasteiger partial charge on any atom is -0.394 e. The van der Waals surface area contributed by atoms with Gasteiger partial charge in [-0.15, -0.1) is 0 Å². The molecule has 0 unspecified atom stereocenters. The molecule has 0 spiro atoms. The number of hydrogen-bond donors (Lipinski definition) is 5. The second-order valence-electron chi connectivity index (χ2n) is 2.36. The molecular weight excluding hydrogens is 184 g/mol. The second kappa shape index (κ2) is 5.50. The number of carbonyl (C=O) groups excluding carboxylic acids is 1. The molecule has 12 heavy (non-hydrogen) atoms. The molecule has 4 atom stereocenters. The van der Waals surface area contributed by atoms with Crippen LogP contribution < -0.4 is 0 Å². The first-order valence-corrected chi connectivity index (χ1v) is 3.84. The van der Waals surface area contributed by atoms with Gasteiger partial charge in [-0.2, -0.15) is 12.6 Å². The SMILES string of the molecule is O=C[C@@H](S)[C@@H](O)[C@H](O)[C@H](O)CO. The third-order valence-electron chi connectivity index (χ3n) is 1.42.